The molecule has 0 aliphatic heterocycles. The highest BCUT2D eigenvalue weighted by atomic mass is 16.5. The molecule has 4 nitrogen and oxygen atoms in total. The number of likely N-dealkylation sites (N-methyl/N-ethyl adjacent to an activating group) is 1. The summed E-state index contributed by atoms with van der Waals surface area (Å²) in [5, 5.41) is 8.43. The van der Waals surface area contributed by atoms with Crippen LogP contribution < -0.4 is 0 Å². The first-order valence-electron chi connectivity index (χ1n) is 3.63. The largest absolute Gasteiger partial charge is 0.480 e. The fourth-order valence-electron chi connectivity index (χ4n) is 0.761. The molecule has 0 aromatic rings. The molecule has 0 saturated carbocycles. The Labute approximate surface area is 66.8 Å². The predicted molar refractivity (Wildman–Crippen MR) is 41.6 cm³/mol. The molecule has 0 atom stereocenters. The molecule has 0 heterocycles. The first-order valence-corrected chi connectivity index (χ1v) is 3.63. The van der Waals surface area contributed by atoms with Crippen LogP contribution in [0, 0.1) is 0 Å². The molecular weight excluding hydrogens is 146 g/mol. The first-order chi connectivity index (χ1) is 5.20. The first kappa shape index (κ1) is 10.4. The number of carboxylic acid groups (broad SMARTS) is 1. The third-order valence-electron chi connectivity index (χ3n) is 1.42. The number of ether oxygens (including phenoxy) is 1. The van der Waals surface area contributed by atoms with Crippen LogP contribution in [0.15, 0.2) is 0 Å². The molecule has 1 N–H and O–H groups in total. The summed E-state index contributed by atoms with van der Waals surface area (Å²) in [6, 6.07) is 0. The summed E-state index contributed by atoms with van der Waals surface area (Å²) in [5.74, 6) is -0.789. The van der Waals surface area contributed by atoms with Crippen molar-refractivity contribution in [2.45, 2.75) is 6.92 Å². The fraction of sp³-hybridized carbons (Fsp3) is 0.857. The van der Waals surface area contributed by atoms with Gasteiger partial charge in [-0.1, -0.05) is 6.92 Å². The zero-order valence-corrected chi connectivity index (χ0v) is 7.04. The molecule has 0 saturated heterocycles. The normalized spacial score (nSPS) is 10.5. The van der Waals surface area contributed by atoms with Crippen molar-refractivity contribution >= 4 is 5.97 Å². The smallest absolute Gasteiger partial charge is 0.317 e. The maximum atomic E-state index is 10.2. The van der Waals surface area contributed by atoms with Gasteiger partial charge >= 0.3 is 5.97 Å². The van der Waals surface area contributed by atoms with E-state index in [9.17, 15) is 4.79 Å². The van der Waals surface area contributed by atoms with Gasteiger partial charge in [0.15, 0.2) is 0 Å². The van der Waals surface area contributed by atoms with Crippen molar-refractivity contribution in [3.63, 3.8) is 0 Å². The molecule has 11 heavy (non-hydrogen) atoms. The van der Waals surface area contributed by atoms with E-state index in [2.05, 4.69) is 0 Å². The van der Waals surface area contributed by atoms with Gasteiger partial charge in [0.25, 0.3) is 0 Å². The van der Waals surface area contributed by atoms with E-state index in [1.165, 1.54) is 0 Å². The Bertz CT molecular complexity index is 116. The molecule has 0 fully saturated rings. The lowest BCUT2D eigenvalue weighted by molar-refractivity contribution is -0.138. The summed E-state index contributed by atoms with van der Waals surface area (Å²) in [4.78, 5) is 12.1. The molecule has 0 aromatic carbocycles. The molecule has 0 spiro atoms. The number of rotatable bonds is 6. The summed E-state index contributed by atoms with van der Waals surface area (Å²) in [6.07, 6.45) is 0. The van der Waals surface area contributed by atoms with E-state index in [0.717, 1.165) is 6.54 Å². The Kier molecular flexibility index (Phi) is 5.78. The van der Waals surface area contributed by atoms with Crippen LogP contribution in [0.3, 0.4) is 0 Å². The number of methoxy groups -OCH3 is 1. The number of carbonyl (C=O) groups is 1. The van der Waals surface area contributed by atoms with Crippen LogP contribution >= 0.6 is 0 Å². The average Bonchev–Trinajstić information content (AvgIpc) is 1.97. The third-order valence-corrected chi connectivity index (χ3v) is 1.42. The van der Waals surface area contributed by atoms with Gasteiger partial charge in [-0.2, -0.15) is 0 Å². The number of hydrogen-bond donors (Lipinski definition) is 1. The van der Waals surface area contributed by atoms with Gasteiger partial charge in [-0.05, 0) is 6.54 Å². The number of nitrogens with zero attached hydrogens (tertiary/aromatic N) is 1. The third kappa shape index (κ3) is 5.82. The minimum Gasteiger partial charge on any atom is -0.480 e. The van der Waals surface area contributed by atoms with E-state index in [-0.39, 0.29) is 6.54 Å². The van der Waals surface area contributed by atoms with E-state index in [1.54, 1.807) is 7.11 Å². The summed E-state index contributed by atoms with van der Waals surface area (Å²) >= 11 is 0. The van der Waals surface area contributed by atoms with E-state index in [1.807, 2.05) is 11.8 Å². The van der Waals surface area contributed by atoms with Gasteiger partial charge in [0.05, 0.1) is 13.2 Å². The van der Waals surface area contributed by atoms with Gasteiger partial charge in [-0.15, -0.1) is 0 Å². The highest BCUT2D eigenvalue weighted by Gasteiger charge is 2.05. The van der Waals surface area contributed by atoms with Gasteiger partial charge in [-0.25, -0.2) is 0 Å². The van der Waals surface area contributed by atoms with Gasteiger partial charge in [0.1, 0.15) is 0 Å². The molecule has 0 rings (SSSR count). The molecular formula is C7H15NO3. The molecule has 0 radical (unpaired) electrons. The van der Waals surface area contributed by atoms with Crippen molar-refractivity contribution in [1.29, 1.82) is 0 Å². The molecule has 0 aromatic heterocycles. The minimum atomic E-state index is -0.789. The summed E-state index contributed by atoms with van der Waals surface area (Å²) in [7, 11) is 1.61. The topological polar surface area (TPSA) is 49.8 Å². The van der Waals surface area contributed by atoms with Crippen LogP contribution in [0.4, 0.5) is 0 Å². The second-order valence-corrected chi connectivity index (χ2v) is 2.26. The van der Waals surface area contributed by atoms with Crippen molar-refractivity contribution in [2.24, 2.45) is 0 Å². The Morgan fingerprint density at radius 1 is 1.64 bits per heavy atom. The Hall–Kier alpha value is -0.610. The summed E-state index contributed by atoms with van der Waals surface area (Å²) in [5.41, 5.74) is 0. The highest BCUT2D eigenvalue weighted by molar-refractivity contribution is 5.69. The minimum absolute atomic E-state index is 0.0971. The van der Waals surface area contributed by atoms with Crippen LogP contribution in [0.1, 0.15) is 6.92 Å². The van der Waals surface area contributed by atoms with Gasteiger partial charge in [0, 0.05) is 13.7 Å². The van der Waals surface area contributed by atoms with Crippen LogP contribution in [0.5, 0.6) is 0 Å². The van der Waals surface area contributed by atoms with E-state index < -0.39 is 5.97 Å². The van der Waals surface area contributed by atoms with Crippen molar-refractivity contribution in [2.75, 3.05) is 33.4 Å². The van der Waals surface area contributed by atoms with Gasteiger partial charge in [-0.3, -0.25) is 9.69 Å². The molecule has 0 unspecified atom stereocenters. The Morgan fingerprint density at radius 3 is 2.64 bits per heavy atom. The maximum absolute atomic E-state index is 10.2. The maximum Gasteiger partial charge on any atom is 0.317 e. The summed E-state index contributed by atoms with van der Waals surface area (Å²) < 4.78 is 4.82. The van der Waals surface area contributed by atoms with Crippen LogP contribution in [0.2, 0.25) is 0 Å². The predicted octanol–water partition coefficient (Wildman–Crippen LogP) is 0.0393. The second-order valence-electron chi connectivity index (χ2n) is 2.26. The quantitative estimate of drug-likeness (QED) is 0.597. The monoisotopic (exact) mass is 161 g/mol. The Morgan fingerprint density at radius 2 is 2.27 bits per heavy atom. The molecule has 4 heteroatoms. The average molecular weight is 161 g/mol. The molecule has 66 valence electrons. The van der Waals surface area contributed by atoms with Crippen LogP contribution in [-0.4, -0.2) is 49.3 Å². The second kappa shape index (κ2) is 6.12. The number of aliphatic carboxylic acids is 1. The van der Waals surface area contributed by atoms with Crippen molar-refractivity contribution in [3.8, 4) is 0 Å². The molecule has 0 amide bonds. The van der Waals surface area contributed by atoms with E-state index >= 15 is 0 Å². The van der Waals surface area contributed by atoms with Crippen LogP contribution in [0.25, 0.3) is 0 Å². The lowest BCUT2D eigenvalue weighted by Gasteiger charge is -2.16. The summed E-state index contributed by atoms with van der Waals surface area (Å²) in [6.45, 7) is 4.04. The Balaban J connectivity index is 3.49. The molecule has 0 aliphatic rings. The zero-order valence-electron chi connectivity index (χ0n) is 7.04. The number of carboxylic acids is 1. The fourth-order valence-corrected chi connectivity index (χ4v) is 0.761. The number of hydrogen-bond acceptors (Lipinski definition) is 3. The molecule has 0 bridgehead atoms. The molecule has 0 aliphatic carbocycles. The lowest BCUT2D eigenvalue weighted by Crippen LogP contribution is -2.32. The SMILES string of the molecule is CCN(CCOC)CC(=O)O. The van der Waals surface area contributed by atoms with Crippen molar-refractivity contribution in [3.05, 3.63) is 0 Å². The lowest BCUT2D eigenvalue weighted by atomic mass is 10.4. The van der Waals surface area contributed by atoms with Gasteiger partial charge in [0.2, 0.25) is 0 Å². The zero-order chi connectivity index (χ0) is 8.69. The van der Waals surface area contributed by atoms with Crippen LogP contribution in [-0.2, 0) is 9.53 Å². The van der Waals surface area contributed by atoms with Crippen molar-refractivity contribution in [1.82, 2.24) is 4.90 Å². The van der Waals surface area contributed by atoms with Gasteiger partial charge < -0.3 is 9.84 Å². The standard InChI is InChI=1S/C7H15NO3/c1-3-8(4-5-11-2)6-7(9)10/h3-6H2,1-2H3,(H,9,10). The highest BCUT2D eigenvalue weighted by Crippen LogP contribution is 1.86. The van der Waals surface area contributed by atoms with E-state index in [4.69, 9.17) is 9.84 Å². The van der Waals surface area contributed by atoms with Crippen molar-refractivity contribution < 1.29 is 14.6 Å². The van der Waals surface area contributed by atoms with E-state index in [0.29, 0.717) is 13.2 Å².